The first-order chi connectivity index (χ1) is 13.3. The summed E-state index contributed by atoms with van der Waals surface area (Å²) in [5.41, 5.74) is 0. The fraction of sp³-hybridized carbons (Fsp3) is 0.850. The van der Waals surface area contributed by atoms with E-state index in [1.807, 2.05) is 7.05 Å². The number of aryl methyl sites for hydroxylation is 2. The van der Waals surface area contributed by atoms with E-state index in [0.717, 1.165) is 50.0 Å². The second kappa shape index (κ2) is 12.6. The fourth-order valence-corrected chi connectivity index (χ4v) is 4.04. The van der Waals surface area contributed by atoms with Crippen molar-refractivity contribution in [1.82, 2.24) is 30.3 Å². The van der Waals surface area contributed by atoms with Gasteiger partial charge in [-0.05, 0) is 51.7 Å². The number of guanidine groups is 1. The van der Waals surface area contributed by atoms with Gasteiger partial charge < -0.3 is 15.5 Å². The maximum absolute atomic E-state index is 4.59. The van der Waals surface area contributed by atoms with Crippen molar-refractivity contribution in [2.24, 2.45) is 4.99 Å². The summed E-state index contributed by atoms with van der Waals surface area (Å²) in [6.45, 7) is 7.86. The van der Waals surface area contributed by atoms with Crippen LogP contribution >= 0.6 is 24.0 Å². The molecule has 0 saturated carbocycles. The number of unbranched alkanes of at least 4 members (excludes halogenated alkanes) is 2. The molecule has 2 N–H and O–H groups in total. The molecule has 3 rings (SSSR count). The first-order valence-corrected chi connectivity index (χ1v) is 10.9. The number of nitrogens with one attached hydrogen (secondary N) is 2. The van der Waals surface area contributed by atoms with Crippen LogP contribution in [0.1, 0.15) is 63.5 Å². The molecule has 0 bridgehead atoms. The molecule has 2 aliphatic heterocycles. The van der Waals surface area contributed by atoms with Crippen LogP contribution in [0.2, 0.25) is 0 Å². The summed E-state index contributed by atoms with van der Waals surface area (Å²) < 4.78 is 2.06. The van der Waals surface area contributed by atoms with Gasteiger partial charge in [0.15, 0.2) is 11.8 Å². The highest BCUT2D eigenvalue weighted by Crippen LogP contribution is 2.13. The van der Waals surface area contributed by atoms with E-state index >= 15 is 0 Å². The second-order valence-corrected chi connectivity index (χ2v) is 7.82. The van der Waals surface area contributed by atoms with Crippen molar-refractivity contribution in [2.45, 2.75) is 77.3 Å². The van der Waals surface area contributed by atoms with Crippen LogP contribution in [-0.2, 0) is 19.4 Å². The Kier molecular flexibility index (Phi) is 10.5. The number of piperidine rings is 1. The molecule has 8 heteroatoms. The zero-order valence-corrected chi connectivity index (χ0v) is 20.0. The molecule has 1 aromatic rings. The lowest BCUT2D eigenvalue weighted by molar-refractivity contribution is 0.224. The Hall–Kier alpha value is -0.900. The molecule has 7 nitrogen and oxygen atoms in total. The predicted octanol–water partition coefficient (Wildman–Crippen LogP) is 2.59. The van der Waals surface area contributed by atoms with Gasteiger partial charge in [0.25, 0.3) is 0 Å². The van der Waals surface area contributed by atoms with Gasteiger partial charge in [0.1, 0.15) is 5.82 Å². The lowest BCUT2D eigenvalue weighted by Gasteiger charge is -2.26. The van der Waals surface area contributed by atoms with E-state index in [-0.39, 0.29) is 24.0 Å². The molecule has 1 aromatic heterocycles. The van der Waals surface area contributed by atoms with Crippen molar-refractivity contribution < 1.29 is 0 Å². The smallest absolute Gasteiger partial charge is 0.191 e. The summed E-state index contributed by atoms with van der Waals surface area (Å²) in [6, 6.07) is 0.370. The summed E-state index contributed by atoms with van der Waals surface area (Å²) in [5, 5.41) is 11.6. The highest BCUT2D eigenvalue weighted by Gasteiger charge is 2.21. The summed E-state index contributed by atoms with van der Waals surface area (Å²) >= 11 is 0. The molecular formula is C20H38IN7. The number of hydrogen-bond donors (Lipinski definition) is 2. The minimum Gasteiger partial charge on any atom is -0.356 e. The number of hydrogen-bond acceptors (Lipinski definition) is 4. The van der Waals surface area contributed by atoms with Crippen molar-refractivity contribution in [3.8, 4) is 0 Å². The maximum Gasteiger partial charge on any atom is 0.191 e. The number of aromatic nitrogens is 3. The summed E-state index contributed by atoms with van der Waals surface area (Å²) in [6.07, 6.45) is 11.0. The van der Waals surface area contributed by atoms with Crippen molar-refractivity contribution in [3.05, 3.63) is 11.6 Å². The second-order valence-electron chi connectivity index (χ2n) is 7.82. The van der Waals surface area contributed by atoms with E-state index in [1.54, 1.807) is 0 Å². The molecule has 0 aromatic carbocycles. The van der Waals surface area contributed by atoms with Crippen LogP contribution in [0.15, 0.2) is 4.99 Å². The van der Waals surface area contributed by atoms with Crippen LogP contribution in [0, 0.1) is 0 Å². The van der Waals surface area contributed by atoms with E-state index in [1.165, 1.54) is 58.2 Å². The van der Waals surface area contributed by atoms with Gasteiger partial charge in [-0.3, -0.25) is 4.99 Å². The molecule has 1 saturated heterocycles. The molecule has 3 heterocycles. The van der Waals surface area contributed by atoms with Crippen LogP contribution < -0.4 is 10.6 Å². The molecule has 0 aliphatic carbocycles. The highest BCUT2D eigenvalue weighted by molar-refractivity contribution is 14.0. The normalized spacial score (nSPS) is 20.4. The summed E-state index contributed by atoms with van der Waals surface area (Å²) in [5.74, 6) is 2.99. The zero-order valence-electron chi connectivity index (χ0n) is 17.6. The first-order valence-electron chi connectivity index (χ1n) is 10.9. The van der Waals surface area contributed by atoms with Gasteiger partial charge in [0.05, 0.1) is 6.54 Å². The third-order valence-corrected chi connectivity index (χ3v) is 5.67. The maximum atomic E-state index is 4.59. The van der Waals surface area contributed by atoms with Crippen molar-refractivity contribution in [3.63, 3.8) is 0 Å². The van der Waals surface area contributed by atoms with Crippen molar-refractivity contribution >= 4 is 29.9 Å². The van der Waals surface area contributed by atoms with E-state index in [4.69, 9.17) is 0 Å². The van der Waals surface area contributed by atoms with Crippen molar-refractivity contribution in [1.29, 1.82) is 0 Å². The lowest BCUT2D eigenvalue weighted by atomic mass is 10.1. The summed E-state index contributed by atoms with van der Waals surface area (Å²) in [4.78, 5) is 11.6. The van der Waals surface area contributed by atoms with E-state index in [0.29, 0.717) is 6.04 Å². The van der Waals surface area contributed by atoms with Gasteiger partial charge in [-0.25, -0.2) is 9.67 Å². The molecule has 0 radical (unpaired) electrons. The number of fused-ring (bicyclic) bond motifs is 1. The Bertz CT molecular complexity index is 595. The van der Waals surface area contributed by atoms with Gasteiger partial charge in [-0.2, -0.15) is 5.10 Å². The van der Waals surface area contributed by atoms with Crippen LogP contribution in [0.25, 0.3) is 0 Å². The Morgan fingerprint density at radius 1 is 1.18 bits per heavy atom. The van der Waals surface area contributed by atoms with Gasteiger partial charge in [-0.15, -0.1) is 24.0 Å². The van der Waals surface area contributed by atoms with Gasteiger partial charge in [0, 0.05) is 32.5 Å². The van der Waals surface area contributed by atoms with E-state index < -0.39 is 0 Å². The van der Waals surface area contributed by atoms with Crippen molar-refractivity contribution in [2.75, 3.05) is 33.2 Å². The van der Waals surface area contributed by atoms with Crippen LogP contribution in [0.4, 0.5) is 0 Å². The molecule has 1 unspecified atom stereocenters. The van der Waals surface area contributed by atoms with Gasteiger partial charge in [0.2, 0.25) is 0 Å². The first kappa shape index (κ1) is 23.4. The van der Waals surface area contributed by atoms with E-state index in [9.17, 15) is 0 Å². The lowest BCUT2D eigenvalue weighted by Crippen LogP contribution is -2.47. The Morgan fingerprint density at radius 3 is 2.75 bits per heavy atom. The number of nitrogens with zero attached hydrogens (tertiary/aromatic N) is 5. The zero-order chi connectivity index (χ0) is 18.9. The van der Waals surface area contributed by atoms with Crippen LogP contribution in [-0.4, -0.2) is 64.9 Å². The fourth-order valence-electron chi connectivity index (χ4n) is 4.04. The SMILES string of the molecule is CCc1nc2n(n1)CC(NC(=NC)NCCCCCN1CCCCC1)CC2.I. The predicted molar refractivity (Wildman–Crippen MR) is 126 cm³/mol. The monoisotopic (exact) mass is 503 g/mol. The van der Waals surface area contributed by atoms with Gasteiger partial charge >= 0.3 is 0 Å². The quantitative estimate of drug-likeness (QED) is 0.247. The minimum atomic E-state index is 0. The summed E-state index contributed by atoms with van der Waals surface area (Å²) in [7, 11) is 1.85. The Balaban J connectivity index is 0.00000280. The third kappa shape index (κ3) is 7.17. The number of aliphatic imine (C=N–C) groups is 1. The number of likely N-dealkylation sites (tertiary alicyclic amines) is 1. The average molecular weight is 503 g/mol. The largest absolute Gasteiger partial charge is 0.356 e. The molecule has 160 valence electrons. The standard InChI is InChI=1S/C20H37N7.HI/c1-3-18-24-19-11-10-17(16-27(19)25-18)23-20(21-2)22-12-6-4-7-13-26-14-8-5-9-15-26;/h17H,3-16H2,1-2H3,(H2,21,22,23);1H. The third-order valence-electron chi connectivity index (χ3n) is 5.67. The minimum absolute atomic E-state index is 0. The average Bonchev–Trinajstić information content (AvgIpc) is 3.13. The molecular weight excluding hydrogens is 465 g/mol. The molecule has 1 atom stereocenters. The molecule has 0 spiro atoms. The van der Waals surface area contributed by atoms with E-state index in [2.05, 4.69) is 42.2 Å². The molecule has 0 amide bonds. The topological polar surface area (TPSA) is 70.4 Å². The van der Waals surface area contributed by atoms with Crippen LogP contribution in [0.3, 0.4) is 0 Å². The van der Waals surface area contributed by atoms with Gasteiger partial charge in [-0.1, -0.05) is 19.8 Å². The molecule has 2 aliphatic rings. The Labute approximate surface area is 187 Å². The molecule has 28 heavy (non-hydrogen) atoms. The van der Waals surface area contributed by atoms with Crippen LogP contribution in [0.5, 0.6) is 0 Å². The number of rotatable bonds is 8. The number of halogens is 1. The highest BCUT2D eigenvalue weighted by atomic mass is 127. The molecule has 1 fully saturated rings. The Morgan fingerprint density at radius 2 is 2.00 bits per heavy atom.